The lowest BCUT2D eigenvalue weighted by atomic mass is 10.1. The zero-order valence-corrected chi connectivity index (χ0v) is 16.7. The highest BCUT2D eigenvalue weighted by molar-refractivity contribution is 5.81. The molecule has 2 aromatic rings. The Labute approximate surface area is 161 Å². The summed E-state index contributed by atoms with van der Waals surface area (Å²) in [5.41, 5.74) is 4.03. The van der Waals surface area contributed by atoms with Crippen LogP contribution in [0.1, 0.15) is 37.7 Å². The predicted molar refractivity (Wildman–Crippen MR) is 109 cm³/mol. The number of nitrogens with zero attached hydrogens (tertiary/aromatic N) is 3. The molecule has 0 saturated carbocycles. The second-order valence-corrected chi connectivity index (χ2v) is 6.92. The highest BCUT2D eigenvalue weighted by Gasteiger charge is 2.37. The first-order valence-electron chi connectivity index (χ1n) is 9.85. The maximum Gasteiger partial charge on any atom is 0.358 e. The van der Waals surface area contributed by atoms with E-state index in [9.17, 15) is 4.79 Å². The van der Waals surface area contributed by atoms with Gasteiger partial charge in [-0.25, -0.2) is 9.78 Å². The zero-order valence-electron chi connectivity index (χ0n) is 16.7. The van der Waals surface area contributed by atoms with Crippen LogP contribution >= 0.6 is 0 Å². The second-order valence-electron chi connectivity index (χ2n) is 6.92. The van der Waals surface area contributed by atoms with Crippen molar-refractivity contribution in [3.8, 4) is 11.3 Å². The maximum atomic E-state index is 12.5. The van der Waals surface area contributed by atoms with Crippen LogP contribution in [0.25, 0.3) is 11.3 Å². The zero-order chi connectivity index (χ0) is 19.4. The predicted octanol–water partition coefficient (Wildman–Crippen LogP) is 2.49. The summed E-state index contributed by atoms with van der Waals surface area (Å²) in [6, 6.07) is 8.24. The van der Waals surface area contributed by atoms with Crippen LogP contribution in [0.2, 0.25) is 0 Å². The summed E-state index contributed by atoms with van der Waals surface area (Å²) in [4.78, 5) is 19.7. The summed E-state index contributed by atoms with van der Waals surface area (Å²) >= 11 is 0. The molecular weight excluding hydrogens is 338 g/mol. The topological polar surface area (TPSA) is 61.1 Å². The van der Waals surface area contributed by atoms with Gasteiger partial charge in [-0.2, -0.15) is 4.57 Å². The lowest BCUT2D eigenvalue weighted by Gasteiger charge is -2.21. The highest BCUT2D eigenvalue weighted by atomic mass is 16.2. The van der Waals surface area contributed by atoms with E-state index in [1.807, 2.05) is 20.2 Å². The van der Waals surface area contributed by atoms with Gasteiger partial charge < -0.3 is 10.2 Å². The normalized spacial score (nSPS) is 15.6. The maximum absolute atomic E-state index is 12.5. The van der Waals surface area contributed by atoms with Crippen molar-refractivity contribution in [1.82, 2.24) is 10.3 Å². The second kappa shape index (κ2) is 8.48. The van der Waals surface area contributed by atoms with Gasteiger partial charge in [0.1, 0.15) is 17.6 Å². The summed E-state index contributed by atoms with van der Waals surface area (Å²) in [5.74, 6) is 0.912. The Kier molecular flexibility index (Phi) is 6.06. The Bertz CT molecular complexity index is 799. The van der Waals surface area contributed by atoms with E-state index >= 15 is 0 Å². The standard InChI is InChI=1S/C21H29N5O/c1-5-25(6-2)17-11-9-16(10-12-17)19-14-26-20(23-15(3)21(26)27)18(24-19)8-7-13-22-4/h9-12,14-15,22H,5-8,13H2,1-4H3/p+1. The molecular formula is C21H30N5O+. The fraction of sp³-hybridized carbons (Fsp3) is 0.476. The van der Waals surface area contributed by atoms with Crippen molar-refractivity contribution in [2.75, 3.05) is 36.9 Å². The Hall–Kier alpha value is -2.47. The molecule has 1 aromatic carbocycles. The number of rotatable bonds is 8. The van der Waals surface area contributed by atoms with Gasteiger partial charge in [0.05, 0.1) is 0 Å². The Balaban J connectivity index is 1.96. The summed E-state index contributed by atoms with van der Waals surface area (Å²) in [7, 11) is 1.95. The molecule has 1 aromatic heterocycles. The number of carbonyl (C=O) groups excluding carboxylic acids is 1. The number of hydrogen-bond donors (Lipinski definition) is 2. The molecule has 2 N–H and O–H groups in total. The molecule has 6 heteroatoms. The van der Waals surface area contributed by atoms with Crippen LogP contribution in [-0.2, 0) is 6.42 Å². The summed E-state index contributed by atoms with van der Waals surface area (Å²) < 4.78 is 1.74. The quantitative estimate of drug-likeness (QED) is 0.554. The van der Waals surface area contributed by atoms with Gasteiger partial charge in [0.15, 0.2) is 6.04 Å². The van der Waals surface area contributed by atoms with Crippen LogP contribution in [0.3, 0.4) is 0 Å². The number of anilines is 2. The first kappa shape index (κ1) is 19.3. The van der Waals surface area contributed by atoms with Crippen LogP contribution in [-0.4, -0.2) is 43.6 Å². The van der Waals surface area contributed by atoms with Gasteiger partial charge in [0.25, 0.3) is 0 Å². The lowest BCUT2D eigenvalue weighted by molar-refractivity contribution is -0.552. The van der Waals surface area contributed by atoms with E-state index in [-0.39, 0.29) is 11.9 Å². The fourth-order valence-electron chi connectivity index (χ4n) is 3.53. The minimum atomic E-state index is -0.213. The van der Waals surface area contributed by atoms with Crippen LogP contribution in [0.15, 0.2) is 30.5 Å². The van der Waals surface area contributed by atoms with Gasteiger partial charge >= 0.3 is 11.7 Å². The number of hydrogen-bond acceptors (Lipinski definition) is 5. The molecule has 0 spiro atoms. The third-order valence-corrected chi connectivity index (χ3v) is 5.11. The van der Waals surface area contributed by atoms with Gasteiger partial charge in [-0.15, -0.1) is 0 Å². The molecule has 1 aliphatic heterocycles. The smallest absolute Gasteiger partial charge is 0.358 e. The van der Waals surface area contributed by atoms with E-state index in [0.29, 0.717) is 0 Å². The molecule has 0 saturated heterocycles. The summed E-state index contributed by atoms with van der Waals surface area (Å²) in [6.07, 6.45) is 3.67. The fourth-order valence-corrected chi connectivity index (χ4v) is 3.53. The third kappa shape index (κ3) is 3.95. The molecule has 0 fully saturated rings. The van der Waals surface area contributed by atoms with Crippen molar-refractivity contribution in [3.05, 3.63) is 36.2 Å². The van der Waals surface area contributed by atoms with Crippen LogP contribution in [0.5, 0.6) is 0 Å². The average Bonchev–Trinajstić information content (AvgIpc) is 2.98. The van der Waals surface area contributed by atoms with Crippen molar-refractivity contribution < 1.29 is 9.36 Å². The van der Waals surface area contributed by atoms with Crippen molar-refractivity contribution >= 4 is 17.4 Å². The minimum Gasteiger partial charge on any atom is -0.372 e. The van der Waals surface area contributed by atoms with Gasteiger partial charge in [-0.3, -0.25) is 5.32 Å². The molecule has 3 rings (SSSR count). The highest BCUT2D eigenvalue weighted by Crippen LogP contribution is 2.25. The summed E-state index contributed by atoms with van der Waals surface area (Å²) in [6.45, 7) is 9.10. The monoisotopic (exact) mass is 368 g/mol. The third-order valence-electron chi connectivity index (χ3n) is 5.11. The van der Waals surface area contributed by atoms with Crippen molar-refractivity contribution in [2.24, 2.45) is 0 Å². The van der Waals surface area contributed by atoms with Gasteiger partial charge in [-0.05, 0) is 59.3 Å². The molecule has 1 unspecified atom stereocenters. The van der Waals surface area contributed by atoms with Gasteiger partial charge in [0.2, 0.25) is 0 Å². The molecule has 144 valence electrons. The largest absolute Gasteiger partial charge is 0.372 e. The minimum absolute atomic E-state index is 0.0725. The Morgan fingerprint density at radius 1 is 1.22 bits per heavy atom. The number of aromatic nitrogens is 2. The Morgan fingerprint density at radius 3 is 2.56 bits per heavy atom. The molecule has 2 heterocycles. The van der Waals surface area contributed by atoms with Gasteiger partial charge in [0, 0.05) is 24.3 Å². The van der Waals surface area contributed by atoms with E-state index in [1.54, 1.807) is 4.57 Å². The van der Waals surface area contributed by atoms with Crippen molar-refractivity contribution in [3.63, 3.8) is 0 Å². The number of nitrogens with one attached hydrogen (secondary N) is 2. The van der Waals surface area contributed by atoms with Crippen LogP contribution in [0.4, 0.5) is 11.5 Å². The Morgan fingerprint density at radius 2 is 1.93 bits per heavy atom. The average molecular weight is 369 g/mol. The van der Waals surface area contributed by atoms with E-state index in [4.69, 9.17) is 4.98 Å². The number of carbonyl (C=O) groups is 1. The number of aryl methyl sites for hydroxylation is 1. The van der Waals surface area contributed by atoms with E-state index in [0.717, 1.165) is 55.2 Å². The van der Waals surface area contributed by atoms with E-state index in [2.05, 4.69) is 53.6 Å². The van der Waals surface area contributed by atoms with Gasteiger partial charge in [-0.1, -0.05) is 12.1 Å². The first-order valence-corrected chi connectivity index (χ1v) is 9.85. The lowest BCUT2D eigenvalue weighted by Crippen LogP contribution is -2.42. The number of fused-ring (bicyclic) bond motifs is 1. The van der Waals surface area contributed by atoms with Crippen LogP contribution in [0, 0.1) is 0 Å². The SMILES string of the molecule is CCN(CC)c1ccc(-c2c[n+]3c(c(CCCNC)n2)NC(C)C3=O)cc1. The molecule has 0 bridgehead atoms. The number of benzene rings is 1. The van der Waals surface area contributed by atoms with Crippen molar-refractivity contribution in [1.29, 1.82) is 0 Å². The molecule has 27 heavy (non-hydrogen) atoms. The molecule has 0 radical (unpaired) electrons. The molecule has 0 amide bonds. The molecule has 6 nitrogen and oxygen atoms in total. The van der Waals surface area contributed by atoms with E-state index < -0.39 is 0 Å². The molecule has 0 aliphatic carbocycles. The van der Waals surface area contributed by atoms with Crippen molar-refractivity contribution in [2.45, 2.75) is 39.7 Å². The molecule has 1 aliphatic rings. The van der Waals surface area contributed by atoms with E-state index in [1.165, 1.54) is 5.69 Å². The first-order chi connectivity index (χ1) is 13.1. The summed E-state index contributed by atoms with van der Waals surface area (Å²) in [5, 5.41) is 6.46. The molecule has 1 atom stereocenters. The van der Waals surface area contributed by atoms with Crippen LogP contribution < -0.4 is 20.1 Å².